The molecule has 96 valence electrons. The Balaban J connectivity index is 2.08. The number of aryl methyl sites for hydroxylation is 1. The van der Waals surface area contributed by atoms with Gasteiger partial charge in [0, 0.05) is 17.4 Å². The molecule has 0 unspecified atom stereocenters. The zero-order chi connectivity index (χ0) is 13.2. The number of hydrogen-bond acceptors (Lipinski definition) is 5. The summed E-state index contributed by atoms with van der Waals surface area (Å²) in [7, 11) is -3.24. The topological polar surface area (TPSA) is 84.2 Å². The van der Waals surface area contributed by atoms with Gasteiger partial charge in [0.25, 0.3) is 0 Å². The van der Waals surface area contributed by atoms with Gasteiger partial charge in [0.05, 0.1) is 6.26 Å². The van der Waals surface area contributed by atoms with Crippen LogP contribution in [0.3, 0.4) is 0 Å². The lowest BCUT2D eigenvalue weighted by Crippen LogP contribution is -2.09. The van der Waals surface area contributed by atoms with Gasteiger partial charge in [0.15, 0.2) is 5.82 Å². The molecule has 0 bridgehead atoms. The maximum atomic E-state index is 11.0. The molecule has 1 aromatic heterocycles. The van der Waals surface area contributed by atoms with Crippen molar-refractivity contribution in [1.29, 1.82) is 0 Å². The standard InChI is InChI=1S/C11H13N3O3S/c1-8-7-11(13-17-8)12-9-3-5-10(6-4-9)14-18(2,15)16/h3-7,14H,1-2H3,(H,12,13). The van der Waals surface area contributed by atoms with E-state index in [0.29, 0.717) is 17.3 Å². The lowest BCUT2D eigenvalue weighted by molar-refractivity contribution is 0.400. The Morgan fingerprint density at radius 1 is 1.17 bits per heavy atom. The third-order valence-electron chi connectivity index (χ3n) is 2.09. The van der Waals surface area contributed by atoms with E-state index in [0.717, 1.165) is 11.9 Å². The first-order valence-corrected chi connectivity index (χ1v) is 7.10. The van der Waals surface area contributed by atoms with Crippen LogP contribution in [0.2, 0.25) is 0 Å². The Hall–Kier alpha value is -2.02. The summed E-state index contributed by atoms with van der Waals surface area (Å²) < 4.78 is 29.4. The summed E-state index contributed by atoms with van der Waals surface area (Å²) in [6, 6.07) is 8.59. The van der Waals surface area contributed by atoms with E-state index < -0.39 is 10.0 Å². The fourth-order valence-corrected chi connectivity index (χ4v) is 1.97. The molecule has 2 N–H and O–H groups in total. The molecular formula is C11H13N3O3S. The molecular weight excluding hydrogens is 254 g/mol. The molecule has 0 saturated carbocycles. The molecule has 0 amide bonds. The average molecular weight is 267 g/mol. The second-order valence-electron chi connectivity index (χ2n) is 3.90. The molecule has 0 atom stereocenters. The summed E-state index contributed by atoms with van der Waals surface area (Å²) in [4.78, 5) is 0. The highest BCUT2D eigenvalue weighted by Gasteiger charge is 2.03. The molecule has 0 aliphatic heterocycles. The molecule has 1 aromatic carbocycles. The van der Waals surface area contributed by atoms with Gasteiger partial charge in [-0.2, -0.15) is 0 Å². The van der Waals surface area contributed by atoms with Gasteiger partial charge in [-0.3, -0.25) is 4.72 Å². The Kier molecular flexibility index (Phi) is 3.24. The molecule has 6 nitrogen and oxygen atoms in total. The number of sulfonamides is 1. The van der Waals surface area contributed by atoms with Crippen LogP contribution in [0.1, 0.15) is 5.76 Å². The van der Waals surface area contributed by atoms with Crippen LogP contribution >= 0.6 is 0 Å². The molecule has 7 heteroatoms. The van der Waals surface area contributed by atoms with Crippen LogP contribution in [0.25, 0.3) is 0 Å². The Morgan fingerprint density at radius 2 is 1.78 bits per heavy atom. The van der Waals surface area contributed by atoms with Crippen LogP contribution in [0, 0.1) is 6.92 Å². The van der Waals surface area contributed by atoms with E-state index in [-0.39, 0.29) is 0 Å². The van der Waals surface area contributed by atoms with Gasteiger partial charge in [-0.15, -0.1) is 0 Å². The smallest absolute Gasteiger partial charge is 0.229 e. The summed E-state index contributed by atoms with van der Waals surface area (Å²) >= 11 is 0. The third kappa shape index (κ3) is 3.49. The first kappa shape index (κ1) is 12.4. The molecule has 0 aliphatic rings. The number of anilines is 3. The van der Waals surface area contributed by atoms with Gasteiger partial charge in [-0.1, -0.05) is 5.16 Å². The third-order valence-corrected chi connectivity index (χ3v) is 2.70. The summed E-state index contributed by atoms with van der Waals surface area (Å²) in [5, 5.41) is 6.83. The maximum Gasteiger partial charge on any atom is 0.229 e. The van der Waals surface area contributed by atoms with Crippen LogP contribution < -0.4 is 10.0 Å². The summed E-state index contributed by atoms with van der Waals surface area (Å²) in [5.74, 6) is 1.32. The minimum atomic E-state index is -3.24. The normalized spacial score (nSPS) is 11.2. The SMILES string of the molecule is Cc1cc(Nc2ccc(NS(C)(=O)=O)cc2)no1. The fraction of sp³-hybridized carbons (Fsp3) is 0.182. The van der Waals surface area contributed by atoms with E-state index in [1.165, 1.54) is 0 Å². The zero-order valence-corrected chi connectivity index (χ0v) is 10.8. The second-order valence-corrected chi connectivity index (χ2v) is 5.65. The lowest BCUT2D eigenvalue weighted by atomic mass is 10.3. The van der Waals surface area contributed by atoms with E-state index in [9.17, 15) is 8.42 Å². The number of aromatic nitrogens is 1. The van der Waals surface area contributed by atoms with E-state index >= 15 is 0 Å². The van der Waals surface area contributed by atoms with Crippen molar-refractivity contribution >= 4 is 27.2 Å². The zero-order valence-electron chi connectivity index (χ0n) is 9.97. The van der Waals surface area contributed by atoms with Crippen molar-refractivity contribution in [3.8, 4) is 0 Å². The minimum absolute atomic E-state index is 0.513. The van der Waals surface area contributed by atoms with Crippen molar-refractivity contribution in [3.63, 3.8) is 0 Å². The molecule has 18 heavy (non-hydrogen) atoms. The van der Waals surface area contributed by atoms with Gasteiger partial charge in [0.2, 0.25) is 10.0 Å². The van der Waals surface area contributed by atoms with Crippen LogP contribution in [-0.2, 0) is 10.0 Å². The largest absolute Gasteiger partial charge is 0.360 e. The Labute approximate surface area is 105 Å². The average Bonchev–Trinajstić information content (AvgIpc) is 2.65. The molecule has 1 heterocycles. The quantitative estimate of drug-likeness (QED) is 0.886. The van der Waals surface area contributed by atoms with E-state index in [2.05, 4.69) is 15.2 Å². The molecule has 2 aromatic rings. The van der Waals surface area contributed by atoms with Gasteiger partial charge < -0.3 is 9.84 Å². The van der Waals surface area contributed by atoms with Gasteiger partial charge in [0.1, 0.15) is 5.76 Å². The van der Waals surface area contributed by atoms with Gasteiger partial charge in [-0.25, -0.2) is 8.42 Å². The lowest BCUT2D eigenvalue weighted by Gasteiger charge is -2.05. The summed E-state index contributed by atoms with van der Waals surface area (Å²) in [6.45, 7) is 1.80. The Morgan fingerprint density at radius 3 is 2.28 bits per heavy atom. The first-order chi connectivity index (χ1) is 8.42. The summed E-state index contributed by atoms with van der Waals surface area (Å²) in [6.07, 6.45) is 1.11. The number of benzene rings is 1. The van der Waals surface area contributed by atoms with Crippen LogP contribution in [0.15, 0.2) is 34.9 Å². The maximum absolute atomic E-state index is 11.0. The molecule has 0 radical (unpaired) electrons. The van der Waals surface area contributed by atoms with E-state index in [1.54, 1.807) is 37.3 Å². The molecule has 2 rings (SSSR count). The molecule has 0 aliphatic carbocycles. The van der Waals surface area contributed by atoms with Crippen molar-refractivity contribution in [2.24, 2.45) is 0 Å². The predicted octanol–water partition coefficient (Wildman–Crippen LogP) is 2.10. The number of nitrogens with zero attached hydrogens (tertiary/aromatic N) is 1. The highest BCUT2D eigenvalue weighted by atomic mass is 32.2. The van der Waals surface area contributed by atoms with Crippen molar-refractivity contribution in [2.45, 2.75) is 6.92 Å². The first-order valence-electron chi connectivity index (χ1n) is 5.20. The summed E-state index contributed by atoms with van der Waals surface area (Å²) in [5.41, 5.74) is 1.31. The minimum Gasteiger partial charge on any atom is -0.360 e. The molecule has 0 spiro atoms. The van der Waals surface area contributed by atoms with Crippen molar-refractivity contribution < 1.29 is 12.9 Å². The van der Waals surface area contributed by atoms with Gasteiger partial charge >= 0.3 is 0 Å². The van der Waals surface area contributed by atoms with E-state index in [1.807, 2.05) is 0 Å². The van der Waals surface area contributed by atoms with Crippen LogP contribution in [0.5, 0.6) is 0 Å². The number of hydrogen-bond donors (Lipinski definition) is 2. The van der Waals surface area contributed by atoms with Crippen LogP contribution in [0.4, 0.5) is 17.2 Å². The molecule has 0 saturated heterocycles. The number of nitrogens with one attached hydrogen (secondary N) is 2. The van der Waals surface area contributed by atoms with Crippen molar-refractivity contribution in [2.75, 3.05) is 16.3 Å². The highest BCUT2D eigenvalue weighted by Crippen LogP contribution is 2.19. The van der Waals surface area contributed by atoms with Crippen LogP contribution in [-0.4, -0.2) is 19.8 Å². The molecule has 0 fully saturated rings. The highest BCUT2D eigenvalue weighted by molar-refractivity contribution is 7.92. The second kappa shape index (κ2) is 4.69. The fourth-order valence-electron chi connectivity index (χ4n) is 1.41. The number of rotatable bonds is 4. The van der Waals surface area contributed by atoms with Crippen molar-refractivity contribution in [3.05, 3.63) is 36.1 Å². The monoisotopic (exact) mass is 267 g/mol. The van der Waals surface area contributed by atoms with Gasteiger partial charge in [-0.05, 0) is 31.2 Å². The predicted molar refractivity (Wildman–Crippen MR) is 69.4 cm³/mol. The van der Waals surface area contributed by atoms with Crippen molar-refractivity contribution in [1.82, 2.24) is 5.16 Å². The van der Waals surface area contributed by atoms with E-state index in [4.69, 9.17) is 4.52 Å². The Bertz CT molecular complexity index is 632.